The lowest BCUT2D eigenvalue weighted by Crippen LogP contribution is -1.95. The van der Waals surface area contributed by atoms with Gasteiger partial charge in [-0.25, -0.2) is 0 Å². The Labute approximate surface area is 117 Å². The summed E-state index contributed by atoms with van der Waals surface area (Å²) < 4.78 is 5.06. The summed E-state index contributed by atoms with van der Waals surface area (Å²) in [7, 11) is 1.58. The Morgan fingerprint density at radius 1 is 1.05 bits per heavy atom. The quantitative estimate of drug-likeness (QED) is 0.482. The molecule has 2 aromatic carbocycles. The second-order valence-corrected chi connectivity index (χ2v) is 4.13. The lowest BCUT2D eigenvalue weighted by Gasteiger charge is -2.02. The van der Waals surface area contributed by atoms with Crippen molar-refractivity contribution in [1.82, 2.24) is 0 Å². The Morgan fingerprint density at radius 2 is 1.70 bits per heavy atom. The van der Waals surface area contributed by atoms with Gasteiger partial charge in [-0.05, 0) is 29.8 Å². The molecule has 0 aromatic heterocycles. The highest BCUT2D eigenvalue weighted by atomic mass is 16.5. The van der Waals surface area contributed by atoms with E-state index in [-0.39, 0.29) is 5.78 Å². The van der Waals surface area contributed by atoms with Crippen LogP contribution in [0.15, 0.2) is 60.7 Å². The van der Waals surface area contributed by atoms with Gasteiger partial charge in [-0.2, -0.15) is 5.26 Å². The zero-order chi connectivity index (χ0) is 14.4. The van der Waals surface area contributed by atoms with E-state index >= 15 is 0 Å². The Bertz CT molecular complexity index is 664. The molecule has 98 valence electrons. The Kier molecular flexibility index (Phi) is 4.31. The third-order valence-corrected chi connectivity index (χ3v) is 2.86. The summed E-state index contributed by atoms with van der Waals surface area (Å²) in [6.45, 7) is 0. The number of nitrogens with zero attached hydrogens (tertiary/aromatic N) is 1. The van der Waals surface area contributed by atoms with Crippen LogP contribution in [0.25, 0.3) is 5.57 Å². The molecule has 0 bridgehead atoms. The number of methoxy groups -OCH3 is 1. The van der Waals surface area contributed by atoms with Crippen LogP contribution >= 0.6 is 0 Å². The van der Waals surface area contributed by atoms with Gasteiger partial charge in [0.15, 0.2) is 5.78 Å². The molecule has 0 saturated heterocycles. The standard InChI is InChI=1S/C17H13NO2/c1-20-16-9-7-13(8-10-16)15(12-18)11-17(19)14-5-3-2-4-6-14/h2-11H,1H3/b15-11+. The van der Waals surface area contributed by atoms with Crippen LogP contribution in [-0.4, -0.2) is 12.9 Å². The Hall–Kier alpha value is -2.86. The highest BCUT2D eigenvalue weighted by Crippen LogP contribution is 2.19. The summed E-state index contributed by atoms with van der Waals surface area (Å²) in [6.07, 6.45) is 1.36. The largest absolute Gasteiger partial charge is 0.497 e. The average Bonchev–Trinajstić information content (AvgIpc) is 2.53. The van der Waals surface area contributed by atoms with Crippen molar-refractivity contribution in [2.24, 2.45) is 0 Å². The lowest BCUT2D eigenvalue weighted by atomic mass is 10.0. The number of carbonyl (C=O) groups is 1. The predicted octanol–water partition coefficient (Wildman–Crippen LogP) is 3.49. The van der Waals surface area contributed by atoms with Crippen molar-refractivity contribution in [2.45, 2.75) is 0 Å². The fourth-order valence-electron chi connectivity index (χ4n) is 1.77. The summed E-state index contributed by atoms with van der Waals surface area (Å²) in [5.74, 6) is 0.526. The van der Waals surface area contributed by atoms with Crippen LogP contribution in [0.3, 0.4) is 0 Å². The van der Waals surface area contributed by atoms with Gasteiger partial charge < -0.3 is 4.74 Å². The maximum absolute atomic E-state index is 12.1. The van der Waals surface area contributed by atoms with Crippen molar-refractivity contribution in [1.29, 1.82) is 5.26 Å². The van der Waals surface area contributed by atoms with E-state index in [1.54, 1.807) is 55.6 Å². The van der Waals surface area contributed by atoms with Crippen molar-refractivity contribution >= 4 is 11.4 Å². The lowest BCUT2D eigenvalue weighted by molar-refractivity contribution is 0.104. The van der Waals surface area contributed by atoms with Gasteiger partial charge in [0, 0.05) is 11.6 Å². The first-order chi connectivity index (χ1) is 9.74. The first-order valence-corrected chi connectivity index (χ1v) is 6.10. The molecule has 0 aliphatic carbocycles. The molecule has 0 aliphatic heterocycles. The molecule has 3 heteroatoms. The van der Waals surface area contributed by atoms with Crippen LogP contribution < -0.4 is 4.74 Å². The first-order valence-electron chi connectivity index (χ1n) is 6.10. The second-order valence-electron chi connectivity index (χ2n) is 4.13. The molecule has 0 spiro atoms. The minimum Gasteiger partial charge on any atom is -0.497 e. The van der Waals surface area contributed by atoms with Gasteiger partial charge in [-0.3, -0.25) is 4.79 Å². The van der Waals surface area contributed by atoms with Crippen molar-refractivity contribution in [2.75, 3.05) is 7.11 Å². The zero-order valence-electron chi connectivity index (χ0n) is 11.0. The maximum atomic E-state index is 12.1. The first kappa shape index (κ1) is 13.6. The Morgan fingerprint density at radius 3 is 2.25 bits per heavy atom. The number of carbonyl (C=O) groups excluding carboxylic acids is 1. The molecule has 3 nitrogen and oxygen atoms in total. The van der Waals surface area contributed by atoms with Crippen molar-refractivity contribution in [3.8, 4) is 11.8 Å². The molecule has 0 saturated carbocycles. The minimum absolute atomic E-state index is 0.182. The van der Waals surface area contributed by atoms with Crippen LogP contribution in [-0.2, 0) is 0 Å². The maximum Gasteiger partial charge on any atom is 0.187 e. The number of rotatable bonds is 4. The van der Waals surface area contributed by atoms with Gasteiger partial charge in [-0.1, -0.05) is 30.3 Å². The molecule has 0 heterocycles. The van der Waals surface area contributed by atoms with E-state index in [9.17, 15) is 10.1 Å². The van der Waals surface area contributed by atoms with Gasteiger partial charge in [0.05, 0.1) is 18.8 Å². The van der Waals surface area contributed by atoms with Crippen molar-refractivity contribution in [3.05, 3.63) is 71.8 Å². The van der Waals surface area contributed by atoms with E-state index in [4.69, 9.17) is 4.74 Å². The molecule has 2 aromatic rings. The Balaban J connectivity index is 2.30. The van der Waals surface area contributed by atoms with Crippen LogP contribution in [0.1, 0.15) is 15.9 Å². The molecule has 0 fully saturated rings. The molecule has 0 unspecified atom stereocenters. The van der Waals surface area contributed by atoms with Crippen LogP contribution in [0.4, 0.5) is 0 Å². The number of allylic oxidation sites excluding steroid dienone is 2. The summed E-state index contributed by atoms with van der Waals surface area (Å²) in [6, 6.07) is 18.0. The van der Waals surface area contributed by atoms with E-state index in [2.05, 4.69) is 6.07 Å². The molecule has 2 rings (SSSR count). The smallest absolute Gasteiger partial charge is 0.187 e. The fourth-order valence-corrected chi connectivity index (χ4v) is 1.77. The fraction of sp³-hybridized carbons (Fsp3) is 0.0588. The topological polar surface area (TPSA) is 50.1 Å². The number of ketones is 1. The third-order valence-electron chi connectivity index (χ3n) is 2.86. The van der Waals surface area contributed by atoms with Crippen LogP contribution in [0.5, 0.6) is 5.75 Å². The number of benzene rings is 2. The summed E-state index contributed by atoms with van der Waals surface area (Å²) in [4.78, 5) is 12.1. The summed E-state index contributed by atoms with van der Waals surface area (Å²) >= 11 is 0. The highest BCUT2D eigenvalue weighted by molar-refractivity contribution is 6.10. The van der Waals surface area contributed by atoms with Crippen molar-refractivity contribution in [3.63, 3.8) is 0 Å². The molecule has 0 aliphatic rings. The second kappa shape index (κ2) is 6.35. The van der Waals surface area contributed by atoms with Gasteiger partial charge >= 0.3 is 0 Å². The number of ether oxygens (including phenoxy) is 1. The molecular formula is C17H13NO2. The molecule has 0 atom stereocenters. The van der Waals surface area contributed by atoms with Crippen molar-refractivity contribution < 1.29 is 9.53 Å². The molecule has 0 amide bonds. The summed E-state index contributed by atoms with van der Waals surface area (Å²) in [5, 5.41) is 9.20. The molecule has 0 radical (unpaired) electrons. The highest BCUT2D eigenvalue weighted by Gasteiger charge is 2.06. The zero-order valence-corrected chi connectivity index (χ0v) is 11.0. The van der Waals surface area contributed by atoms with Gasteiger partial charge in [0.1, 0.15) is 5.75 Å². The van der Waals surface area contributed by atoms with Crippen LogP contribution in [0, 0.1) is 11.3 Å². The van der Waals surface area contributed by atoms with Gasteiger partial charge in [0.25, 0.3) is 0 Å². The number of hydrogen-bond donors (Lipinski definition) is 0. The molecule has 20 heavy (non-hydrogen) atoms. The monoisotopic (exact) mass is 263 g/mol. The van der Waals surface area contributed by atoms with E-state index < -0.39 is 0 Å². The molecule has 0 N–H and O–H groups in total. The number of hydrogen-bond acceptors (Lipinski definition) is 3. The normalized spacial score (nSPS) is 10.7. The van der Waals surface area contributed by atoms with Gasteiger partial charge in [-0.15, -0.1) is 0 Å². The summed E-state index contributed by atoms with van der Waals surface area (Å²) in [5.41, 5.74) is 1.59. The van der Waals surface area contributed by atoms with E-state index in [0.29, 0.717) is 22.4 Å². The molecular weight excluding hydrogens is 250 g/mol. The number of nitriles is 1. The third kappa shape index (κ3) is 3.12. The van der Waals surface area contributed by atoms with E-state index in [1.165, 1.54) is 6.08 Å². The van der Waals surface area contributed by atoms with E-state index in [1.807, 2.05) is 6.07 Å². The predicted molar refractivity (Wildman–Crippen MR) is 77.4 cm³/mol. The van der Waals surface area contributed by atoms with Crippen LogP contribution in [0.2, 0.25) is 0 Å². The average molecular weight is 263 g/mol. The van der Waals surface area contributed by atoms with E-state index in [0.717, 1.165) is 0 Å². The van der Waals surface area contributed by atoms with Gasteiger partial charge in [0.2, 0.25) is 0 Å². The SMILES string of the molecule is COc1ccc(/C(C#N)=C/C(=O)c2ccccc2)cc1. The minimum atomic E-state index is -0.182.